The first-order valence-electron chi connectivity index (χ1n) is 16.5. The van der Waals surface area contributed by atoms with Crippen LogP contribution in [0.2, 0.25) is 0 Å². The van der Waals surface area contributed by atoms with Crippen LogP contribution >= 0.6 is 0 Å². The van der Waals surface area contributed by atoms with E-state index in [2.05, 4.69) is 19.1 Å². The fourth-order valence-corrected chi connectivity index (χ4v) is 7.87. The van der Waals surface area contributed by atoms with Crippen LogP contribution in [0.5, 0.6) is 0 Å². The standard InChI is InChI=1S/C35H58N2O/c1-2-3-4-5-8-27-11-17-31(18-12-27)32-19-13-28(14-20-32)9-6-7-10-29-15-21-35(22-16-29)38-26-30-23-33(36)25-34(37)24-30/h7,10,23-25,27-29,31-32,35H,2-6,8-9,11-22,26,36-37H2,1H3/b10-7+. The molecule has 3 aliphatic rings. The van der Waals surface area contributed by atoms with Gasteiger partial charge in [-0.15, -0.1) is 0 Å². The van der Waals surface area contributed by atoms with Crippen molar-refractivity contribution >= 4 is 11.4 Å². The van der Waals surface area contributed by atoms with Crippen LogP contribution in [0.15, 0.2) is 30.4 Å². The van der Waals surface area contributed by atoms with Gasteiger partial charge < -0.3 is 16.2 Å². The summed E-state index contributed by atoms with van der Waals surface area (Å²) in [6.45, 7) is 2.94. The Balaban J connectivity index is 1.03. The summed E-state index contributed by atoms with van der Waals surface area (Å²) in [5, 5.41) is 0. The molecule has 214 valence electrons. The van der Waals surface area contributed by atoms with Crippen LogP contribution in [-0.2, 0) is 11.3 Å². The molecule has 4 rings (SSSR count). The molecule has 1 aromatic carbocycles. The molecular formula is C35H58N2O. The van der Waals surface area contributed by atoms with Crippen molar-refractivity contribution in [3.8, 4) is 0 Å². The first kappa shape index (κ1) is 29.5. The Hall–Kier alpha value is -1.48. The molecule has 0 radical (unpaired) electrons. The summed E-state index contributed by atoms with van der Waals surface area (Å²) < 4.78 is 6.18. The van der Waals surface area contributed by atoms with Gasteiger partial charge in [-0.05, 0) is 118 Å². The maximum absolute atomic E-state index is 6.18. The van der Waals surface area contributed by atoms with Crippen molar-refractivity contribution in [2.45, 2.75) is 142 Å². The van der Waals surface area contributed by atoms with Gasteiger partial charge in [-0.3, -0.25) is 0 Å². The molecule has 0 saturated heterocycles. The quantitative estimate of drug-likeness (QED) is 0.154. The van der Waals surface area contributed by atoms with E-state index in [0.29, 0.717) is 12.7 Å². The Kier molecular flexibility index (Phi) is 12.4. The van der Waals surface area contributed by atoms with Crippen LogP contribution in [0.1, 0.15) is 134 Å². The van der Waals surface area contributed by atoms with Gasteiger partial charge in [-0.1, -0.05) is 76.9 Å². The third kappa shape index (κ3) is 9.92. The van der Waals surface area contributed by atoms with Gasteiger partial charge in [0.05, 0.1) is 12.7 Å². The third-order valence-corrected chi connectivity index (χ3v) is 10.3. The van der Waals surface area contributed by atoms with Gasteiger partial charge in [0, 0.05) is 11.4 Å². The molecule has 0 aromatic heterocycles. The molecule has 38 heavy (non-hydrogen) atoms. The Morgan fingerprint density at radius 3 is 1.92 bits per heavy atom. The molecule has 4 N–H and O–H groups in total. The summed E-state index contributed by atoms with van der Waals surface area (Å²) >= 11 is 0. The number of allylic oxidation sites excluding steroid dienone is 2. The summed E-state index contributed by atoms with van der Waals surface area (Å²) in [5.41, 5.74) is 14.3. The third-order valence-electron chi connectivity index (χ3n) is 10.3. The minimum atomic E-state index is 0.373. The van der Waals surface area contributed by atoms with Crippen LogP contribution in [0.25, 0.3) is 0 Å². The van der Waals surface area contributed by atoms with Crippen molar-refractivity contribution in [3.05, 3.63) is 35.9 Å². The normalized spacial score (nSPS) is 30.6. The van der Waals surface area contributed by atoms with Crippen LogP contribution < -0.4 is 11.5 Å². The molecule has 0 amide bonds. The highest BCUT2D eigenvalue weighted by atomic mass is 16.5. The Morgan fingerprint density at radius 1 is 0.711 bits per heavy atom. The molecule has 0 heterocycles. The topological polar surface area (TPSA) is 61.3 Å². The molecule has 3 fully saturated rings. The number of nitrogen functional groups attached to an aromatic ring is 2. The lowest BCUT2D eigenvalue weighted by molar-refractivity contribution is 0.0111. The van der Waals surface area contributed by atoms with Gasteiger partial charge in [-0.25, -0.2) is 0 Å². The first-order valence-corrected chi connectivity index (χ1v) is 16.5. The average molecular weight is 523 g/mol. The van der Waals surface area contributed by atoms with Gasteiger partial charge in [0.25, 0.3) is 0 Å². The highest BCUT2D eigenvalue weighted by Crippen LogP contribution is 2.43. The molecule has 3 saturated carbocycles. The van der Waals surface area contributed by atoms with Crippen molar-refractivity contribution in [1.29, 1.82) is 0 Å². The van der Waals surface area contributed by atoms with E-state index in [1.807, 2.05) is 12.1 Å². The number of anilines is 2. The highest BCUT2D eigenvalue weighted by molar-refractivity contribution is 5.54. The lowest BCUT2D eigenvalue weighted by Gasteiger charge is -2.38. The molecule has 3 nitrogen and oxygen atoms in total. The summed E-state index contributed by atoms with van der Waals surface area (Å²) in [7, 11) is 0. The smallest absolute Gasteiger partial charge is 0.0722 e. The summed E-state index contributed by atoms with van der Waals surface area (Å²) in [6, 6.07) is 5.74. The minimum absolute atomic E-state index is 0.373. The Bertz CT molecular complexity index is 791. The van der Waals surface area contributed by atoms with Gasteiger partial charge in [0.2, 0.25) is 0 Å². The van der Waals surface area contributed by atoms with Crippen molar-refractivity contribution in [2.24, 2.45) is 29.6 Å². The van der Waals surface area contributed by atoms with Crippen LogP contribution in [0.4, 0.5) is 11.4 Å². The maximum Gasteiger partial charge on any atom is 0.0722 e. The summed E-state index contributed by atoms with van der Waals surface area (Å²) in [5.74, 6) is 4.90. The highest BCUT2D eigenvalue weighted by Gasteiger charge is 2.30. The fourth-order valence-electron chi connectivity index (χ4n) is 7.87. The molecular weight excluding hydrogens is 464 g/mol. The largest absolute Gasteiger partial charge is 0.399 e. The molecule has 0 bridgehead atoms. The van der Waals surface area contributed by atoms with Crippen LogP contribution in [-0.4, -0.2) is 6.10 Å². The van der Waals surface area contributed by atoms with Gasteiger partial charge in [-0.2, -0.15) is 0 Å². The molecule has 0 unspecified atom stereocenters. The van der Waals surface area contributed by atoms with Crippen LogP contribution in [0.3, 0.4) is 0 Å². The van der Waals surface area contributed by atoms with Crippen molar-refractivity contribution in [3.63, 3.8) is 0 Å². The van der Waals surface area contributed by atoms with E-state index in [-0.39, 0.29) is 0 Å². The fraction of sp³-hybridized carbons (Fsp3) is 0.771. The predicted octanol–water partition coefficient (Wildman–Crippen LogP) is 9.85. The zero-order valence-electron chi connectivity index (χ0n) is 24.6. The Labute approximate surface area is 234 Å². The molecule has 0 aliphatic heterocycles. The second kappa shape index (κ2) is 15.9. The number of rotatable bonds is 13. The maximum atomic E-state index is 6.18. The molecule has 3 aliphatic carbocycles. The number of unbranched alkanes of at least 4 members (excludes halogenated alkanes) is 3. The number of nitrogens with two attached hydrogens (primary N) is 2. The van der Waals surface area contributed by atoms with E-state index in [0.717, 1.165) is 59.4 Å². The van der Waals surface area contributed by atoms with Gasteiger partial charge in [0.15, 0.2) is 0 Å². The summed E-state index contributed by atoms with van der Waals surface area (Å²) in [6.07, 6.45) is 32.4. The zero-order valence-corrected chi connectivity index (χ0v) is 24.6. The van der Waals surface area contributed by atoms with E-state index in [1.54, 1.807) is 18.9 Å². The lowest BCUT2D eigenvalue weighted by atomic mass is 9.68. The molecule has 1 aromatic rings. The van der Waals surface area contributed by atoms with E-state index in [4.69, 9.17) is 16.2 Å². The summed E-state index contributed by atoms with van der Waals surface area (Å²) in [4.78, 5) is 0. The van der Waals surface area contributed by atoms with Gasteiger partial charge >= 0.3 is 0 Å². The van der Waals surface area contributed by atoms with E-state index in [9.17, 15) is 0 Å². The number of hydrogen-bond donors (Lipinski definition) is 2. The van der Waals surface area contributed by atoms with Crippen molar-refractivity contribution in [2.75, 3.05) is 11.5 Å². The molecule has 3 heteroatoms. The van der Waals surface area contributed by atoms with Gasteiger partial charge in [0.1, 0.15) is 0 Å². The molecule has 0 atom stereocenters. The SMILES string of the molecule is CCCCCCC1CCC(C2CCC(CC/C=C/C3CCC(OCc4cc(N)cc(N)c4)CC3)CC2)CC1. The average Bonchev–Trinajstić information content (AvgIpc) is 2.93. The number of hydrogen-bond acceptors (Lipinski definition) is 3. The number of ether oxygens (including phenoxy) is 1. The zero-order chi connectivity index (χ0) is 26.6. The van der Waals surface area contributed by atoms with Crippen LogP contribution in [0, 0.1) is 29.6 Å². The predicted molar refractivity (Wildman–Crippen MR) is 164 cm³/mol. The Morgan fingerprint density at radius 2 is 1.32 bits per heavy atom. The minimum Gasteiger partial charge on any atom is -0.399 e. The monoisotopic (exact) mass is 522 g/mol. The van der Waals surface area contributed by atoms with Crippen molar-refractivity contribution in [1.82, 2.24) is 0 Å². The second-order valence-corrected chi connectivity index (χ2v) is 13.3. The molecule has 0 spiro atoms. The van der Waals surface area contributed by atoms with E-state index < -0.39 is 0 Å². The number of benzene rings is 1. The lowest BCUT2D eigenvalue weighted by Crippen LogP contribution is -2.25. The van der Waals surface area contributed by atoms with Crippen molar-refractivity contribution < 1.29 is 4.74 Å². The second-order valence-electron chi connectivity index (χ2n) is 13.3. The van der Waals surface area contributed by atoms with E-state index in [1.165, 1.54) is 96.3 Å². The first-order chi connectivity index (χ1) is 18.6. The van der Waals surface area contributed by atoms with E-state index >= 15 is 0 Å².